The van der Waals surface area contributed by atoms with Gasteiger partial charge in [-0.3, -0.25) is 9.69 Å². The number of amides is 1. The maximum Gasteiger partial charge on any atom is 0.270 e. The van der Waals surface area contributed by atoms with Crippen LogP contribution < -0.4 is 9.64 Å². The van der Waals surface area contributed by atoms with E-state index < -0.39 is 0 Å². The Kier molecular flexibility index (Phi) is 4.27. The van der Waals surface area contributed by atoms with Crippen LogP contribution in [0.2, 0.25) is 0 Å². The fraction of sp³-hybridized carbons (Fsp3) is 0.0588. The summed E-state index contributed by atoms with van der Waals surface area (Å²) in [4.78, 5) is 14.8. The minimum Gasteiger partial charge on any atom is -0.497 e. The zero-order valence-electron chi connectivity index (χ0n) is 11.9. The third-order valence-corrected chi connectivity index (χ3v) is 4.52. The normalized spacial score (nSPS) is 16.4. The van der Waals surface area contributed by atoms with Crippen LogP contribution in [0, 0.1) is 0 Å². The number of thioether (sulfide) groups is 1. The molecule has 1 amide bonds. The van der Waals surface area contributed by atoms with E-state index in [0.717, 1.165) is 17.0 Å². The molecule has 22 heavy (non-hydrogen) atoms. The molecule has 0 N–H and O–H groups in total. The molecule has 1 aliphatic rings. The van der Waals surface area contributed by atoms with Gasteiger partial charge in [-0.2, -0.15) is 0 Å². The molecule has 2 aromatic carbocycles. The number of carbonyl (C=O) groups excluding carboxylic acids is 1. The quantitative estimate of drug-likeness (QED) is 0.627. The van der Waals surface area contributed by atoms with Gasteiger partial charge in [-0.25, -0.2) is 0 Å². The molecular formula is C17H13NO2S2. The van der Waals surface area contributed by atoms with E-state index in [4.69, 9.17) is 17.0 Å². The molecule has 0 aliphatic carbocycles. The summed E-state index contributed by atoms with van der Waals surface area (Å²) in [6.07, 6.45) is 1.86. The fourth-order valence-corrected chi connectivity index (χ4v) is 3.42. The predicted octanol–water partition coefficient (Wildman–Crippen LogP) is 4.10. The van der Waals surface area contributed by atoms with Gasteiger partial charge in [0.15, 0.2) is 4.32 Å². The fourth-order valence-electron chi connectivity index (χ4n) is 2.12. The van der Waals surface area contributed by atoms with Gasteiger partial charge >= 0.3 is 0 Å². The molecule has 0 radical (unpaired) electrons. The van der Waals surface area contributed by atoms with Crippen molar-refractivity contribution in [2.45, 2.75) is 0 Å². The third kappa shape index (κ3) is 2.91. The van der Waals surface area contributed by atoms with Gasteiger partial charge in [0, 0.05) is 0 Å². The first-order valence-corrected chi connectivity index (χ1v) is 7.88. The molecule has 5 heteroatoms. The van der Waals surface area contributed by atoms with Gasteiger partial charge in [-0.15, -0.1) is 0 Å². The first-order chi connectivity index (χ1) is 10.7. The van der Waals surface area contributed by atoms with E-state index in [1.54, 1.807) is 12.0 Å². The van der Waals surface area contributed by atoms with Gasteiger partial charge in [0.25, 0.3) is 5.91 Å². The first-order valence-electron chi connectivity index (χ1n) is 6.66. The highest BCUT2D eigenvalue weighted by Gasteiger charge is 2.33. The Morgan fingerprint density at radius 2 is 1.77 bits per heavy atom. The van der Waals surface area contributed by atoms with E-state index in [-0.39, 0.29) is 5.91 Å². The molecule has 110 valence electrons. The summed E-state index contributed by atoms with van der Waals surface area (Å²) < 4.78 is 5.67. The first kappa shape index (κ1) is 14.8. The summed E-state index contributed by atoms with van der Waals surface area (Å²) in [5.74, 6) is 0.651. The van der Waals surface area contributed by atoms with Crippen molar-refractivity contribution in [1.82, 2.24) is 0 Å². The van der Waals surface area contributed by atoms with Gasteiger partial charge in [-0.05, 0) is 35.9 Å². The average Bonchev–Trinajstić information content (AvgIpc) is 2.82. The van der Waals surface area contributed by atoms with Crippen LogP contribution in [0.1, 0.15) is 5.56 Å². The minimum atomic E-state index is -0.0935. The summed E-state index contributed by atoms with van der Waals surface area (Å²) in [6, 6.07) is 17.0. The summed E-state index contributed by atoms with van der Waals surface area (Å²) in [7, 11) is 1.61. The molecular weight excluding hydrogens is 314 g/mol. The van der Waals surface area contributed by atoms with Gasteiger partial charge < -0.3 is 4.74 Å². The zero-order chi connectivity index (χ0) is 15.5. The lowest BCUT2D eigenvalue weighted by molar-refractivity contribution is -0.113. The predicted molar refractivity (Wildman–Crippen MR) is 95.1 cm³/mol. The van der Waals surface area contributed by atoms with Crippen LogP contribution in [0.4, 0.5) is 5.69 Å². The van der Waals surface area contributed by atoms with Crippen molar-refractivity contribution < 1.29 is 9.53 Å². The van der Waals surface area contributed by atoms with E-state index in [2.05, 4.69) is 0 Å². The van der Waals surface area contributed by atoms with Gasteiger partial charge in [0.2, 0.25) is 0 Å². The van der Waals surface area contributed by atoms with Crippen molar-refractivity contribution in [3.05, 3.63) is 65.1 Å². The molecule has 1 aliphatic heterocycles. The Morgan fingerprint density at radius 1 is 1.09 bits per heavy atom. The summed E-state index contributed by atoms with van der Waals surface area (Å²) in [5.41, 5.74) is 1.73. The Bertz CT molecular complexity index is 739. The van der Waals surface area contributed by atoms with Crippen LogP contribution >= 0.6 is 24.0 Å². The molecule has 0 spiro atoms. The van der Waals surface area contributed by atoms with Gasteiger partial charge in [0.1, 0.15) is 5.75 Å². The maximum absolute atomic E-state index is 12.6. The maximum atomic E-state index is 12.6. The molecule has 3 nitrogen and oxygen atoms in total. The molecule has 3 rings (SSSR count). The van der Waals surface area contributed by atoms with Crippen molar-refractivity contribution in [2.24, 2.45) is 0 Å². The number of methoxy groups -OCH3 is 1. The second kappa shape index (κ2) is 6.34. The van der Waals surface area contributed by atoms with E-state index in [1.165, 1.54) is 11.8 Å². The smallest absolute Gasteiger partial charge is 0.270 e. The van der Waals surface area contributed by atoms with Gasteiger partial charge in [0.05, 0.1) is 17.7 Å². The van der Waals surface area contributed by atoms with Crippen molar-refractivity contribution in [3.63, 3.8) is 0 Å². The zero-order valence-corrected chi connectivity index (χ0v) is 13.5. The van der Waals surface area contributed by atoms with Gasteiger partial charge in [-0.1, -0.05) is 54.3 Å². The van der Waals surface area contributed by atoms with E-state index >= 15 is 0 Å². The lowest BCUT2D eigenvalue weighted by Gasteiger charge is -2.14. The summed E-state index contributed by atoms with van der Waals surface area (Å²) in [6.45, 7) is 0. The topological polar surface area (TPSA) is 29.5 Å². The van der Waals surface area contributed by atoms with Crippen molar-refractivity contribution in [2.75, 3.05) is 12.0 Å². The van der Waals surface area contributed by atoms with Crippen LogP contribution in [0.5, 0.6) is 5.75 Å². The number of anilines is 1. The van der Waals surface area contributed by atoms with Crippen LogP contribution in [-0.2, 0) is 4.79 Å². The van der Waals surface area contributed by atoms with E-state index in [0.29, 0.717) is 9.23 Å². The SMILES string of the molecule is COc1ccc(N2C(=O)/C(=C\c3ccccc3)SC2=S)cc1. The lowest BCUT2D eigenvalue weighted by Crippen LogP contribution is -2.27. The number of rotatable bonds is 3. The highest BCUT2D eigenvalue weighted by Crippen LogP contribution is 2.36. The molecule has 0 atom stereocenters. The number of hydrogen-bond acceptors (Lipinski definition) is 4. The lowest BCUT2D eigenvalue weighted by atomic mass is 10.2. The van der Waals surface area contributed by atoms with E-state index in [1.807, 2.05) is 60.7 Å². The number of ether oxygens (including phenoxy) is 1. The van der Waals surface area contributed by atoms with E-state index in [9.17, 15) is 4.79 Å². The summed E-state index contributed by atoms with van der Waals surface area (Å²) in [5, 5.41) is 0. The third-order valence-electron chi connectivity index (χ3n) is 3.22. The Balaban J connectivity index is 1.89. The largest absolute Gasteiger partial charge is 0.497 e. The summed E-state index contributed by atoms with van der Waals surface area (Å²) >= 11 is 6.67. The Labute approximate surface area is 138 Å². The molecule has 0 unspecified atom stereocenters. The molecule has 1 saturated heterocycles. The monoisotopic (exact) mass is 327 g/mol. The van der Waals surface area contributed by atoms with Crippen molar-refractivity contribution in [3.8, 4) is 5.75 Å². The minimum absolute atomic E-state index is 0.0935. The highest BCUT2D eigenvalue weighted by molar-refractivity contribution is 8.27. The Morgan fingerprint density at radius 3 is 2.41 bits per heavy atom. The molecule has 2 aromatic rings. The average molecular weight is 327 g/mol. The number of nitrogens with zero attached hydrogens (tertiary/aromatic N) is 1. The van der Waals surface area contributed by atoms with Crippen LogP contribution in [0.25, 0.3) is 6.08 Å². The van der Waals surface area contributed by atoms with Crippen molar-refractivity contribution in [1.29, 1.82) is 0 Å². The molecule has 1 heterocycles. The molecule has 0 bridgehead atoms. The highest BCUT2D eigenvalue weighted by atomic mass is 32.2. The second-order valence-electron chi connectivity index (χ2n) is 4.63. The molecule has 0 saturated carbocycles. The van der Waals surface area contributed by atoms with Crippen LogP contribution in [0.15, 0.2) is 59.5 Å². The second-order valence-corrected chi connectivity index (χ2v) is 6.30. The molecule has 0 aromatic heterocycles. The number of benzene rings is 2. The van der Waals surface area contributed by atoms with Crippen LogP contribution in [0.3, 0.4) is 0 Å². The number of thiocarbonyl (C=S) groups is 1. The standard InChI is InChI=1S/C17H13NO2S2/c1-20-14-9-7-13(8-10-14)18-16(19)15(22-17(18)21)11-12-5-3-2-4-6-12/h2-11H,1H3/b15-11+. The van der Waals surface area contributed by atoms with Crippen LogP contribution in [-0.4, -0.2) is 17.3 Å². The Hall–Kier alpha value is -2.11. The van der Waals surface area contributed by atoms with Crippen molar-refractivity contribution >= 4 is 46.0 Å². The number of hydrogen-bond donors (Lipinski definition) is 0. The molecule has 1 fully saturated rings. The number of carbonyl (C=O) groups is 1.